The topological polar surface area (TPSA) is 228 Å². The number of rotatable bonds is 14. The van der Waals surface area contributed by atoms with Gasteiger partial charge in [0, 0.05) is 6.42 Å². The maximum Gasteiger partial charge on any atom is 0.326 e. The molecule has 3 amide bonds. The Morgan fingerprint density at radius 3 is 1.87 bits per heavy atom. The zero-order valence-corrected chi connectivity index (χ0v) is 21.1. The zero-order valence-electron chi connectivity index (χ0n) is 21.1. The maximum absolute atomic E-state index is 12.9. The summed E-state index contributed by atoms with van der Waals surface area (Å²) >= 11 is 0. The van der Waals surface area contributed by atoms with Crippen molar-refractivity contribution in [1.82, 2.24) is 16.0 Å². The molecule has 0 aliphatic rings. The van der Waals surface area contributed by atoms with E-state index in [4.69, 9.17) is 5.73 Å². The van der Waals surface area contributed by atoms with Gasteiger partial charge >= 0.3 is 11.9 Å². The molecule has 2 aromatic rings. The maximum atomic E-state index is 12.9. The third-order valence-electron chi connectivity index (χ3n) is 5.70. The zero-order chi connectivity index (χ0) is 29.1. The Bertz CT molecular complexity index is 1160. The van der Waals surface area contributed by atoms with Gasteiger partial charge in [-0.15, -0.1) is 0 Å². The van der Waals surface area contributed by atoms with Gasteiger partial charge in [-0.3, -0.25) is 19.2 Å². The van der Waals surface area contributed by atoms with Gasteiger partial charge in [-0.1, -0.05) is 42.5 Å². The molecule has 39 heavy (non-hydrogen) atoms. The number of carboxylic acid groups (broad SMARTS) is 2. The number of aliphatic hydroxyl groups is 1. The molecule has 0 aliphatic heterocycles. The molecule has 0 saturated carbocycles. The molecule has 0 heterocycles. The van der Waals surface area contributed by atoms with Crippen molar-refractivity contribution < 1.29 is 44.4 Å². The fourth-order valence-corrected chi connectivity index (χ4v) is 3.61. The van der Waals surface area contributed by atoms with Crippen LogP contribution in [-0.4, -0.2) is 80.4 Å². The number of nitrogens with two attached hydrogens (primary N) is 1. The van der Waals surface area contributed by atoms with E-state index in [0.717, 1.165) is 0 Å². The highest BCUT2D eigenvalue weighted by atomic mass is 16.4. The van der Waals surface area contributed by atoms with Gasteiger partial charge in [0.2, 0.25) is 17.7 Å². The van der Waals surface area contributed by atoms with E-state index in [1.165, 1.54) is 31.2 Å². The number of carbonyl (C=O) groups is 5. The molecule has 0 fully saturated rings. The van der Waals surface area contributed by atoms with Crippen LogP contribution in [0.4, 0.5) is 0 Å². The summed E-state index contributed by atoms with van der Waals surface area (Å²) in [5, 5.41) is 45.0. The summed E-state index contributed by atoms with van der Waals surface area (Å²) in [7, 11) is 0. The van der Waals surface area contributed by atoms with Crippen LogP contribution < -0.4 is 21.7 Å². The Balaban J connectivity index is 2.10. The first kappa shape index (κ1) is 30.7. The molecule has 0 aromatic heterocycles. The molecule has 0 radical (unpaired) electrons. The molecule has 0 aliphatic carbocycles. The van der Waals surface area contributed by atoms with Crippen molar-refractivity contribution >= 4 is 29.7 Å². The molecule has 5 atom stereocenters. The fraction of sp³-hybridized carbons (Fsp3) is 0.346. The second-order valence-corrected chi connectivity index (χ2v) is 8.95. The molecule has 5 unspecified atom stereocenters. The summed E-state index contributed by atoms with van der Waals surface area (Å²) in [6.45, 7) is 1.18. The van der Waals surface area contributed by atoms with Crippen LogP contribution in [0, 0.1) is 0 Å². The van der Waals surface area contributed by atoms with E-state index in [1.54, 1.807) is 30.3 Å². The van der Waals surface area contributed by atoms with Gasteiger partial charge in [-0.25, -0.2) is 4.79 Å². The molecule has 2 rings (SSSR count). The van der Waals surface area contributed by atoms with Crippen molar-refractivity contribution in [1.29, 1.82) is 0 Å². The minimum atomic E-state index is -1.66. The number of aliphatic hydroxyl groups excluding tert-OH is 1. The minimum absolute atomic E-state index is 0.0152. The number of phenols is 1. The highest BCUT2D eigenvalue weighted by molar-refractivity contribution is 5.96. The monoisotopic (exact) mass is 544 g/mol. The number of carboxylic acids is 2. The molecule has 0 saturated heterocycles. The van der Waals surface area contributed by atoms with Crippen LogP contribution in [0.2, 0.25) is 0 Å². The lowest BCUT2D eigenvalue weighted by Gasteiger charge is -2.26. The normalized spacial score (nSPS) is 14.6. The number of nitrogens with one attached hydrogen (secondary N) is 3. The third-order valence-corrected chi connectivity index (χ3v) is 5.70. The largest absolute Gasteiger partial charge is 0.508 e. The second-order valence-electron chi connectivity index (χ2n) is 8.95. The summed E-state index contributed by atoms with van der Waals surface area (Å²) in [5.74, 6) is -5.74. The number of aromatic hydroxyl groups is 1. The van der Waals surface area contributed by atoms with Crippen LogP contribution in [0.5, 0.6) is 5.75 Å². The van der Waals surface area contributed by atoms with Crippen molar-refractivity contribution in [3.8, 4) is 5.75 Å². The van der Waals surface area contributed by atoms with Crippen LogP contribution >= 0.6 is 0 Å². The van der Waals surface area contributed by atoms with Gasteiger partial charge in [-0.05, 0) is 36.6 Å². The lowest BCUT2D eigenvalue weighted by Crippen LogP contribution is -2.60. The highest BCUT2D eigenvalue weighted by Gasteiger charge is 2.33. The van der Waals surface area contributed by atoms with E-state index in [0.29, 0.717) is 11.1 Å². The number of aliphatic carboxylic acids is 2. The van der Waals surface area contributed by atoms with Crippen LogP contribution in [-0.2, 0) is 36.8 Å². The Labute approximate surface area is 224 Å². The average molecular weight is 545 g/mol. The van der Waals surface area contributed by atoms with Crippen molar-refractivity contribution in [2.45, 2.75) is 56.5 Å². The number of hydrogen-bond acceptors (Lipinski definition) is 8. The van der Waals surface area contributed by atoms with E-state index in [9.17, 15) is 44.4 Å². The van der Waals surface area contributed by atoms with E-state index in [-0.39, 0.29) is 18.6 Å². The van der Waals surface area contributed by atoms with Crippen molar-refractivity contribution in [3.05, 3.63) is 65.7 Å². The summed E-state index contributed by atoms with van der Waals surface area (Å²) in [6.07, 6.45) is -2.41. The van der Waals surface area contributed by atoms with Crippen LogP contribution in [0.15, 0.2) is 54.6 Å². The molecule has 9 N–H and O–H groups in total. The SMILES string of the molecule is CC(O)C(NC(=O)C(CC(=O)O)NC(=O)C(N)Cc1ccc(O)cc1)C(=O)NC(Cc1ccccc1)C(=O)O. The minimum Gasteiger partial charge on any atom is -0.508 e. The molecule has 13 heteroatoms. The molecule has 0 spiro atoms. The fourth-order valence-electron chi connectivity index (χ4n) is 3.61. The standard InChI is InChI=1S/C26H32N4O9/c1-14(31)22(25(37)29-20(26(38)39)12-15-5-3-2-4-6-15)30-24(36)19(13-21(33)34)28-23(35)18(27)11-16-7-9-17(32)10-8-16/h2-10,14,18-20,22,31-32H,11-13,27H2,1H3,(H,28,35)(H,29,37)(H,30,36)(H,33,34)(H,38,39). The summed E-state index contributed by atoms with van der Waals surface area (Å²) in [4.78, 5) is 61.4. The number of benzene rings is 2. The van der Waals surface area contributed by atoms with Gasteiger partial charge in [0.25, 0.3) is 0 Å². The summed E-state index contributed by atoms with van der Waals surface area (Å²) in [6, 6.07) is 8.47. The molecule has 2 aromatic carbocycles. The van der Waals surface area contributed by atoms with E-state index in [2.05, 4.69) is 16.0 Å². The Kier molecular flexibility index (Phi) is 11.4. The van der Waals surface area contributed by atoms with E-state index in [1.807, 2.05) is 0 Å². The van der Waals surface area contributed by atoms with Crippen LogP contribution in [0.3, 0.4) is 0 Å². The van der Waals surface area contributed by atoms with E-state index >= 15 is 0 Å². The van der Waals surface area contributed by atoms with Crippen molar-refractivity contribution in [2.75, 3.05) is 0 Å². The lowest BCUT2D eigenvalue weighted by atomic mass is 10.0. The van der Waals surface area contributed by atoms with Crippen LogP contribution in [0.1, 0.15) is 24.5 Å². The first-order valence-electron chi connectivity index (χ1n) is 12.0. The molecule has 210 valence electrons. The summed E-state index contributed by atoms with van der Waals surface area (Å²) < 4.78 is 0. The van der Waals surface area contributed by atoms with E-state index < -0.39 is 66.4 Å². The molecular weight excluding hydrogens is 512 g/mol. The predicted molar refractivity (Wildman–Crippen MR) is 137 cm³/mol. The third kappa shape index (κ3) is 10.1. The Morgan fingerprint density at radius 1 is 0.769 bits per heavy atom. The number of hydrogen-bond donors (Lipinski definition) is 8. The van der Waals surface area contributed by atoms with Gasteiger partial charge in [-0.2, -0.15) is 0 Å². The Hall–Kier alpha value is -4.49. The number of amides is 3. The van der Waals surface area contributed by atoms with Gasteiger partial charge in [0.15, 0.2) is 0 Å². The first-order chi connectivity index (χ1) is 18.4. The van der Waals surface area contributed by atoms with Crippen molar-refractivity contribution in [2.24, 2.45) is 5.73 Å². The molecule has 0 bridgehead atoms. The van der Waals surface area contributed by atoms with Crippen molar-refractivity contribution in [3.63, 3.8) is 0 Å². The number of carbonyl (C=O) groups excluding carboxylic acids is 3. The predicted octanol–water partition coefficient (Wildman–Crippen LogP) is -1.10. The first-order valence-corrected chi connectivity index (χ1v) is 12.0. The average Bonchev–Trinajstić information content (AvgIpc) is 2.87. The summed E-state index contributed by atoms with van der Waals surface area (Å²) in [5.41, 5.74) is 7.12. The Morgan fingerprint density at radius 2 is 1.33 bits per heavy atom. The smallest absolute Gasteiger partial charge is 0.326 e. The quantitative estimate of drug-likeness (QED) is 0.143. The lowest BCUT2D eigenvalue weighted by molar-refractivity contribution is -0.144. The van der Waals surface area contributed by atoms with Gasteiger partial charge in [0.1, 0.15) is 23.9 Å². The number of phenolic OH excluding ortho intramolecular Hbond substituents is 1. The molecule has 13 nitrogen and oxygen atoms in total. The highest BCUT2D eigenvalue weighted by Crippen LogP contribution is 2.11. The van der Waals surface area contributed by atoms with Crippen LogP contribution in [0.25, 0.3) is 0 Å². The van der Waals surface area contributed by atoms with Gasteiger partial charge < -0.3 is 42.1 Å². The second kappa shape index (κ2) is 14.4. The van der Waals surface area contributed by atoms with Gasteiger partial charge in [0.05, 0.1) is 18.6 Å². The molecular formula is C26H32N4O9.